The number of carbonyl (C=O) groups excluding carboxylic acids is 3. The summed E-state index contributed by atoms with van der Waals surface area (Å²) in [5.74, 6) is -3.35. The van der Waals surface area contributed by atoms with Crippen LogP contribution in [0.1, 0.15) is 30.2 Å². The van der Waals surface area contributed by atoms with Crippen molar-refractivity contribution in [3.8, 4) is 0 Å². The fraction of sp³-hybridized carbons (Fsp3) is 0.250. The normalized spacial score (nSPS) is 17.8. The van der Waals surface area contributed by atoms with Crippen LogP contribution < -0.4 is 16.0 Å². The number of anilines is 1. The molecule has 4 rings (SSSR count). The fourth-order valence-electron chi connectivity index (χ4n) is 4.17. The van der Waals surface area contributed by atoms with Gasteiger partial charge in [0, 0.05) is 11.0 Å². The monoisotopic (exact) mass is 523 g/mol. The van der Waals surface area contributed by atoms with Gasteiger partial charge in [0.05, 0.1) is 17.4 Å². The standard InChI is InChI=1S/C28H27F2N3O3S/c1-16(2)24(32-23(34)14-17-12-19(29)15-20(30)13-17)27(35)33-25-26(18-8-4-3-5-9-18)37-22-11-7-6-10-21(22)31-28(25)36/h3-13,15-16,24-26H,14H2,1-2H3,(H,31,36)(H,32,34)(H,33,35)/t24-,25-,26+/m0/s1. The summed E-state index contributed by atoms with van der Waals surface area (Å²) in [4.78, 5) is 40.3. The number of benzene rings is 3. The lowest BCUT2D eigenvalue weighted by molar-refractivity contribution is -0.131. The second-order valence-corrected chi connectivity index (χ2v) is 10.3. The summed E-state index contributed by atoms with van der Waals surface area (Å²) in [6.07, 6.45) is -0.299. The van der Waals surface area contributed by atoms with Crippen molar-refractivity contribution in [1.82, 2.24) is 10.6 Å². The van der Waals surface area contributed by atoms with E-state index >= 15 is 0 Å². The average Bonchev–Trinajstić information content (AvgIpc) is 2.98. The van der Waals surface area contributed by atoms with Crippen LogP contribution in [0.4, 0.5) is 14.5 Å². The molecular formula is C28H27F2N3O3S. The Hall–Kier alpha value is -3.72. The van der Waals surface area contributed by atoms with Gasteiger partial charge in [-0.1, -0.05) is 56.3 Å². The van der Waals surface area contributed by atoms with E-state index in [2.05, 4.69) is 16.0 Å². The van der Waals surface area contributed by atoms with Crippen LogP contribution in [0.25, 0.3) is 0 Å². The van der Waals surface area contributed by atoms with Gasteiger partial charge in [-0.3, -0.25) is 14.4 Å². The second-order valence-electron chi connectivity index (χ2n) is 9.16. The average molecular weight is 524 g/mol. The molecule has 6 nitrogen and oxygen atoms in total. The van der Waals surface area contributed by atoms with Gasteiger partial charge in [-0.25, -0.2) is 8.78 Å². The first-order valence-corrected chi connectivity index (χ1v) is 12.8. The topological polar surface area (TPSA) is 87.3 Å². The summed E-state index contributed by atoms with van der Waals surface area (Å²) < 4.78 is 27.1. The Morgan fingerprint density at radius 1 is 0.973 bits per heavy atom. The van der Waals surface area contributed by atoms with E-state index in [0.29, 0.717) is 5.69 Å². The first-order valence-electron chi connectivity index (χ1n) is 11.9. The summed E-state index contributed by atoms with van der Waals surface area (Å²) in [6, 6.07) is 17.8. The highest BCUT2D eigenvalue weighted by Crippen LogP contribution is 2.43. The number of halogens is 2. The molecule has 3 N–H and O–H groups in total. The fourth-order valence-corrected chi connectivity index (χ4v) is 5.47. The third-order valence-corrected chi connectivity index (χ3v) is 7.37. The molecule has 0 spiro atoms. The van der Waals surface area contributed by atoms with E-state index in [0.717, 1.165) is 28.7 Å². The highest BCUT2D eigenvalue weighted by Gasteiger charge is 2.37. The molecule has 0 bridgehead atoms. The van der Waals surface area contributed by atoms with Gasteiger partial charge < -0.3 is 16.0 Å². The number of hydrogen-bond donors (Lipinski definition) is 3. The molecule has 1 aliphatic rings. The highest BCUT2D eigenvalue weighted by molar-refractivity contribution is 7.99. The maximum absolute atomic E-state index is 13.5. The first kappa shape index (κ1) is 26.3. The molecule has 0 aliphatic carbocycles. The third kappa shape index (κ3) is 6.54. The zero-order valence-electron chi connectivity index (χ0n) is 20.3. The third-order valence-electron chi connectivity index (χ3n) is 5.96. The van der Waals surface area contributed by atoms with Gasteiger partial charge in [0.2, 0.25) is 17.7 Å². The minimum atomic E-state index is -0.967. The molecule has 3 amide bonds. The Morgan fingerprint density at radius 2 is 1.62 bits per heavy atom. The van der Waals surface area contributed by atoms with Crippen molar-refractivity contribution in [2.24, 2.45) is 5.92 Å². The van der Waals surface area contributed by atoms with Crippen molar-refractivity contribution in [1.29, 1.82) is 0 Å². The predicted molar refractivity (Wildman–Crippen MR) is 139 cm³/mol. The number of amides is 3. The summed E-state index contributed by atoms with van der Waals surface area (Å²) in [7, 11) is 0. The van der Waals surface area contributed by atoms with Crippen molar-refractivity contribution >= 4 is 35.2 Å². The highest BCUT2D eigenvalue weighted by atomic mass is 32.2. The Kier molecular flexibility index (Phi) is 8.23. The van der Waals surface area contributed by atoms with Crippen molar-refractivity contribution < 1.29 is 23.2 Å². The van der Waals surface area contributed by atoms with Crippen LogP contribution in [-0.4, -0.2) is 29.8 Å². The van der Waals surface area contributed by atoms with Gasteiger partial charge in [0.15, 0.2) is 0 Å². The van der Waals surface area contributed by atoms with E-state index in [1.54, 1.807) is 19.9 Å². The van der Waals surface area contributed by atoms with Crippen molar-refractivity contribution in [2.45, 2.75) is 42.5 Å². The van der Waals surface area contributed by atoms with Gasteiger partial charge in [0.25, 0.3) is 0 Å². The minimum Gasteiger partial charge on any atom is -0.344 e. The summed E-state index contributed by atoms with van der Waals surface area (Å²) in [5, 5.41) is 7.99. The van der Waals surface area contributed by atoms with Gasteiger partial charge in [-0.05, 0) is 41.3 Å². The number of thioether (sulfide) groups is 1. The lowest BCUT2D eigenvalue weighted by atomic mass is 10.00. The van der Waals surface area contributed by atoms with Crippen LogP contribution in [0.3, 0.4) is 0 Å². The molecule has 192 valence electrons. The largest absolute Gasteiger partial charge is 0.344 e. The summed E-state index contributed by atoms with van der Waals surface area (Å²) in [5.41, 5.74) is 1.67. The quantitative estimate of drug-likeness (QED) is 0.422. The first-order chi connectivity index (χ1) is 17.7. The van der Waals surface area contributed by atoms with Gasteiger partial charge in [-0.2, -0.15) is 0 Å². The number of hydrogen-bond acceptors (Lipinski definition) is 4. The molecule has 3 aromatic rings. The maximum atomic E-state index is 13.5. The van der Waals surface area contributed by atoms with E-state index in [-0.39, 0.29) is 23.8 Å². The summed E-state index contributed by atoms with van der Waals surface area (Å²) in [6.45, 7) is 3.53. The van der Waals surface area contributed by atoms with E-state index in [1.165, 1.54) is 11.8 Å². The predicted octanol–water partition coefficient (Wildman–Crippen LogP) is 4.62. The molecule has 3 aromatic carbocycles. The Labute approximate surface area is 218 Å². The number of para-hydroxylation sites is 1. The number of nitrogens with one attached hydrogen (secondary N) is 3. The molecular weight excluding hydrogens is 496 g/mol. The van der Waals surface area contributed by atoms with E-state index in [9.17, 15) is 23.2 Å². The number of carbonyl (C=O) groups is 3. The molecule has 0 saturated carbocycles. The van der Waals surface area contributed by atoms with Crippen LogP contribution >= 0.6 is 11.8 Å². The molecule has 0 radical (unpaired) electrons. The van der Waals surface area contributed by atoms with Crippen LogP contribution in [0, 0.1) is 17.6 Å². The molecule has 0 unspecified atom stereocenters. The molecule has 0 saturated heterocycles. The molecule has 1 heterocycles. The maximum Gasteiger partial charge on any atom is 0.248 e. The van der Waals surface area contributed by atoms with Crippen LogP contribution in [-0.2, 0) is 20.8 Å². The van der Waals surface area contributed by atoms with Crippen LogP contribution in [0.2, 0.25) is 0 Å². The second kappa shape index (κ2) is 11.6. The summed E-state index contributed by atoms with van der Waals surface area (Å²) >= 11 is 1.47. The SMILES string of the molecule is CC(C)[C@H](NC(=O)Cc1cc(F)cc(F)c1)C(=O)N[C@@H]1C(=O)Nc2ccccc2S[C@@H]1c1ccccc1. The molecule has 9 heteroatoms. The lowest BCUT2D eigenvalue weighted by Gasteiger charge is -2.28. The Balaban J connectivity index is 1.55. The minimum absolute atomic E-state index is 0.152. The van der Waals surface area contributed by atoms with E-state index in [1.807, 2.05) is 48.5 Å². The zero-order chi connectivity index (χ0) is 26.5. The number of fused-ring (bicyclic) bond motifs is 1. The molecule has 3 atom stereocenters. The molecule has 1 aliphatic heterocycles. The zero-order valence-corrected chi connectivity index (χ0v) is 21.2. The van der Waals surface area contributed by atoms with E-state index < -0.39 is 40.8 Å². The van der Waals surface area contributed by atoms with Crippen molar-refractivity contribution in [3.05, 3.63) is 95.6 Å². The Bertz CT molecular complexity index is 1280. The van der Waals surface area contributed by atoms with E-state index in [4.69, 9.17) is 0 Å². The van der Waals surface area contributed by atoms with Gasteiger partial charge in [0.1, 0.15) is 23.7 Å². The molecule has 0 aromatic heterocycles. The smallest absolute Gasteiger partial charge is 0.248 e. The van der Waals surface area contributed by atoms with Gasteiger partial charge >= 0.3 is 0 Å². The van der Waals surface area contributed by atoms with Gasteiger partial charge in [-0.15, -0.1) is 11.8 Å². The van der Waals surface area contributed by atoms with Crippen molar-refractivity contribution in [3.63, 3.8) is 0 Å². The van der Waals surface area contributed by atoms with Crippen molar-refractivity contribution in [2.75, 3.05) is 5.32 Å². The molecule has 0 fully saturated rings. The molecule has 37 heavy (non-hydrogen) atoms. The number of rotatable bonds is 7. The van der Waals surface area contributed by atoms with Crippen LogP contribution in [0.15, 0.2) is 77.7 Å². The Morgan fingerprint density at radius 3 is 2.30 bits per heavy atom. The lowest BCUT2D eigenvalue weighted by Crippen LogP contribution is -2.55. The van der Waals surface area contributed by atoms with Crippen LogP contribution in [0.5, 0.6) is 0 Å².